The molecule has 2 heterocycles. The number of amides is 1. The standard InChI is InChI=1S/C10H13N3O5S3/c1-21(17,18)12-10-11-6(3-20-10)2-8(14)13-5-19-4-7(13)9(15)16/h3,7H,2,4-5H2,1H3,(H,11,12)(H,15,16)/t7-/m0/s1. The lowest BCUT2D eigenvalue weighted by Crippen LogP contribution is -2.42. The van der Waals surface area contributed by atoms with E-state index in [9.17, 15) is 18.0 Å². The first-order chi connectivity index (χ1) is 9.76. The number of carbonyl (C=O) groups excluding carboxylic acids is 1. The molecule has 21 heavy (non-hydrogen) atoms. The third-order valence-electron chi connectivity index (χ3n) is 2.64. The minimum Gasteiger partial charge on any atom is -0.480 e. The first kappa shape index (κ1) is 16.0. The second-order valence-electron chi connectivity index (χ2n) is 4.41. The molecule has 0 aromatic carbocycles. The summed E-state index contributed by atoms with van der Waals surface area (Å²) in [6.07, 6.45) is 0.963. The van der Waals surface area contributed by atoms with Crippen LogP contribution >= 0.6 is 23.1 Å². The van der Waals surface area contributed by atoms with Gasteiger partial charge in [-0.15, -0.1) is 23.1 Å². The first-order valence-electron chi connectivity index (χ1n) is 5.78. The number of carboxylic acids is 1. The van der Waals surface area contributed by atoms with Crippen LogP contribution in [0.25, 0.3) is 0 Å². The first-order valence-corrected chi connectivity index (χ1v) is 9.71. The summed E-state index contributed by atoms with van der Waals surface area (Å²) in [5.74, 6) is -0.636. The molecular formula is C10H13N3O5S3. The van der Waals surface area contributed by atoms with Crippen molar-refractivity contribution in [1.29, 1.82) is 0 Å². The molecule has 1 aromatic heterocycles. The van der Waals surface area contributed by atoms with Gasteiger partial charge in [-0.25, -0.2) is 18.2 Å². The average molecular weight is 351 g/mol. The molecule has 1 atom stereocenters. The predicted octanol–water partition coefficient (Wildman–Crippen LogP) is 0.0432. The smallest absolute Gasteiger partial charge is 0.327 e. The number of hydrogen-bond donors (Lipinski definition) is 2. The van der Waals surface area contributed by atoms with Crippen molar-refractivity contribution in [3.63, 3.8) is 0 Å². The number of thiazole rings is 1. The van der Waals surface area contributed by atoms with Gasteiger partial charge in [-0.3, -0.25) is 9.52 Å². The number of aromatic nitrogens is 1. The quantitative estimate of drug-likeness (QED) is 0.769. The molecule has 0 unspecified atom stereocenters. The Labute approximate surface area is 129 Å². The van der Waals surface area contributed by atoms with Crippen LogP contribution in [0.15, 0.2) is 5.38 Å². The Morgan fingerprint density at radius 2 is 2.29 bits per heavy atom. The van der Waals surface area contributed by atoms with Crippen molar-refractivity contribution in [2.24, 2.45) is 0 Å². The molecule has 11 heteroatoms. The zero-order chi connectivity index (χ0) is 15.6. The summed E-state index contributed by atoms with van der Waals surface area (Å²) < 4.78 is 24.4. The third kappa shape index (κ3) is 4.32. The average Bonchev–Trinajstić information content (AvgIpc) is 2.95. The van der Waals surface area contributed by atoms with Gasteiger partial charge in [0.15, 0.2) is 5.13 Å². The molecule has 0 bridgehead atoms. The summed E-state index contributed by atoms with van der Waals surface area (Å²) in [5.41, 5.74) is 0.414. The van der Waals surface area contributed by atoms with Gasteiger partial charge in [0.05, 0.1) is 24.2 Å². The minimum absolute atomic E-state index is 0.0493. The van der Waals surface area contributed by atoms with Crippen molar-refractivity contribution < 1.29 is 23.1 Å². The highest BCUT2D eigenvalue weighted by molar-refractivity contribution is 7.99. The molecule has 1 amide bonds. The van der Waals surface area contributed by atoms with Crippen LogP contribution in [0.5, 0.6) is 0 Å². The normalized spacial score (nSPS) is 18.7. The lowest BCUT2D eigenvalue weighted by molar-refractivity contribution is -0.147. The number of sulfonamides is 1. The van der Waals surface area contributed by atoms with E-state index in [-0.39, 0.29) is 17.5 Å². The fourth-order valence-corrected chi connectivity index (χ4v) is 4.48. The monoisotopic (exact) mass is 351 g/mol. The summed E-state index contributed by atoms with van der Waals surface area (Å²) in [4.78, 5) is 28.4. The van der Waals surface area contributed by atoms with Crippen LogP contribution in [0.3, 0.4) is 0 Å². The van der Waals surface area contributed by atoms with Gasteiger partial charge in [-0.05, 0) is 0 Å². The maximum absolute atomic E-state index is 12.1. The molecule has 2 rings (SSSR count). The summed E-state index contributed by atoms with van der Waals surface area (Å²) in [6, 6.07) is -0.810. The van der Waals surface area contributed by atoms with Gasteiger partial charge in [0.2, 0.25) is 15.9 Å². The molecule has 0 aliphatic carbocycles. The second-order valence-corrected chi connectivity index (χ2v) is 8.02. The van der Waals surface area contributed by atoms with Gasteiger partial charge in [-0.1, -0.05) is 0 Å². The molecule has 1 aromatic rings. The fourth-order valence-electron chi connectivity index (χ4n) is 1.74. The molecule has 1 aliphatic heterocycles. The molecule has 0 saturated carbocycles. The van der Waals surface area contributed by atoms with Crippen molar-refractivity contribution in [3.8, 4) is 0 Å². The number of carbonyl (C=O) groups is 2. The van der Waals surface area contributed by atoms with Crippen molar-refractivity contribution in [1.82, 2.24) is 9.88 Å². The van der Waals surface area contributed by atoms with Gasteiger partial charge in [0, 0.05) is 11.1 Å². The lowest BCUT2D eigenvalue weighted by atomic mass is 10.2. The molecular weight excluding hydrogens is 338 g/mol. The summed E-state index contributed by atoms with van der Waals surface area (Å²) in [6.45, 7) is 0. The van der Waals surface area contributed by atoms with Gasteiger partial charge >= 0.3 is 5.97 Å². The van der Waals surface area contributed by atoms with Gasteiger partial charge in [0.25, 0.3) is 0 Å². The minimum atomic E-state index is -3.41. The largest absolute Gasteiger partial charge is 0.480 e. The number of aliphatic carboxylic acids is 1. The SMILES string of the molecule is CS(=O)(=O)Nc1nc(CC(=O)N2CSC[C@H]2C(=O)O)cs1. The van der Waals surface area contributed by atoms with E-state index in [0.717, 1.165) is 17.6 Å². The van der Waals surface area contributed by atoms with Gasteiger partial charge in [0.1, 0.15) is 6.04 Å². The zero-order valence-corrected chi connectivity index (χ0v) is 13.4. The lowest BCUT2D eigenvalue weighted by Gasteiger charge is -2.19. The highest BCUT2D eigenvalue weighted by Gasteiger charge is 2.34. The van der Waals surface area contributed by atoms with E-state index >= 15 is 0 Å². The topological polar surface area (TPSA) is 117 Å². The second kappa shape index (κ2) is 6.20. The maximum Gasteiger partial charge on any atom is 0.327 e. The fraction of sp³-hybridized carbons (Fsp3) is 0.500. The Balaban J connectivity index is 2.01. The third-order valence-corrected chi connectivity index (χ3v) is 5.16. The molecule has 8 nitrogen and oxygen atoms in total. The van der Waals surface area contributed by atoms with E-state index in [1.807, 2.05) is 0 Å². The van der Waals surface area contributed by atoms with Crippen molar-refractivity contribution in [2.45, 2.75) is 12.5 Å². The van der Waals surface area contributed by atoms with Gasteiger partial charge in [-0.2, -0.15) is 0 Å². The van der Waals surface area contributed by atoms with E-state index < -0.39 is 22.0 Å². The number of nitrogens with zero attached hydrogens (tertiary/aromatic N) is 2. The number of hydrogen-bond acceptors (Lipinski definition) is 7. The highest BCUT2D eigenvalue weighted by atomic mass is 32.2. The van der Waals surface area contributed by atoms with E-state index in [1.165, 1.54) is 16.7 Å². The summed E-state index contributed by atoms with van der Waals surface area (Å²) >= 11 is 2.46. The van der Waals surface area contributed by atoms with Crippen LogP contribution in [0.4, 0.5) is 5.13 Å². The zero-order valence-electron chi connectivity index (χ0n) is 11.0. The Bertz CT molecular complexity index is 657. The Morgan fingerprint density at radius 1 is 1.57 bits per heavy atom. The number of anilines is 1. The van der Waals surface area contributed by atoms with Crippen LogP contribution in [0.1, 0.15) is 5.69 Å². The molecule has 2 N–H and O–H groups in total. The molecule has 1 saturated heterocycles. The van der Waals surface area contributed by atoms with Crippen LogP contribution < -0.4 is 4.72 Å². The molecule has 1 aliphatic rings. The maximum atomic E-state index is 12.1. The van der Waals surface area contributed by atoms with E-state index in [1.54, 1.807) is 5.38 Å². The number of thioether (sulfide) groups is 1. The van der Waals surface area contributed by atoms with Crippen LogP contribution in [0, 0.1) is 0 Å². The van der Waals surface area contributed by atoms with Crippen LogP contribution in [-0.4, -0.2) is 59.2 Å². The van der Waals surface area contributed by atoms with Crippen molar-refractivity contribution in [2.75, 3.05) is 22.6 Å². The Hall–Kier alpha value is -1.33. The number of rotatable bonds is 5. The number of carboxylic acid groups (broad SMARTS) is 1. The predicted molar refractivity (Wildman–Crippen MR) is 79.9 cm³/mol. The summed E-state index contributed by atoms with van der Waals surface area (Å²) in [7, 11) is -3.41. The Kier molecular flexibility index (Phi) is 4.74. The van der Waals surface area contributed by atoms with E-state index in [4.69, 9.17) is 5.11 Å². The molecule has 0 spiro atoms. The summed E-state index contributed by atoms with van der Waals surface area (Å²) in [5, 5.41) is 10.8. The van der Waals surface area contributed by atoms with E-state index in [2.05, 4.69) is 9.71 Å². The molecule has 116 valence electrons. The highest BCUT2D eigenvalue weighted by Crippen LogP contribution is 2.23. The van der Waals surface area contributed by atoms with Crippen molar-refractivity contribution in [3.05, 3.63) is 11.1 Å². The van der Waals surface area contributed by atoms with Crippen molar-refractivity contribution >= 4 is 50.1 Å². The molecule has 1 fully saturated rings. The number of nitrogens with one attached hydrogen (secondary N) is 1. The molecule has 0 radical (unpaired) electrons. The van der Waals surface area contributed by atoms with Gasteiger partial charge < -0.3 is 10.0 Å². The van der Waals surface area contributed by atoms with E-state index in [0.29, 0.717) is 17.3 Å². The Morgan fingerprint density at radius 3 is 2.90 bits per heavy atom. The van der Waals surface area contributed by atoms with Crippen LogP contribution in [0.2, 0.25) is 0 Å². The van der Waals surface area contributed by atoms with Crippen LogP contribution in [-0.2, 0) is 26.0 Å².